The molecule has 2 heterocycles. The molecule has 8 heteroatoms. The Morgan fingerprint density at radius 1 is 1.38 bits per heavy atom. The second-order valence-electron chi connectivity index (χ2n) is 8.37. The van der Waals surface area contributed by atoms with Gasteiger partial charge in [-0.25, -0.2) is 9.37 Å². The van der Waals surface area contributed by atoms with Crippen LogP contribution in [0, 0.1) is 5.82 Å². The Bertz CT molecular complexity index is 819. The van der Waals surface area contributed by atoms with Gasteiger partial charge in [-0.15, -0.1) is 12.4 Å². The summed E-state index contributed by atoms with van der Waals surface area (Å²) in [5.74, 6) is 0.709. The summed E-state index contributed by atoms with van der Waals surface area (Å²) in [7, 11) is 1.97. The number of carbonyl (C=O) groups is 1. The van der Waals surface area contributed by atoms with Crippen molar-refractivity contribution in [3.63, 3.8) is 0 Å². The van der Waals surface area contributed by atoms with E-state index in [-0.39, 0.29) is 35.7 Å². The van der Waals surface area contributed by atoms with Crippen LogP contribution in [0.15, 0.2) is 36.7 Å². The van der Waals surface area contributed by atoms with Crippen molar-refractivity contribution in [3.05, 3.63) is 53.9 Å². The smallest absolute Gasteiger partial charge is 0.237 e. The summed E-state index contributed by atoms with van der Waals surface area (Å²) in [6, 6.07) is 6.51. The maximum Gasteiger partial charge on any atom is 0.237 e. The van der Waals surface area contributed by atoms with Crippen molar-refractivity contribution in [2.75, 3.05) is 26.2 Å². The van der Waals surface area contributed by atoms with Gasteiger partial charge in [-0.1, -0.05) is 12.1 Å². The molecule has 0 spiro atoms. The number of imidazole rings is 1. The van der Waals surface area contributed by atoms with Crippen LogP contribution in [0.3, 0.4) is 0 Å². The Balaban J connectivity index is 0.00000300. The number of aromatic nitrogens is 2. The molecule has 1 aliphatic rings. The zero-order valence-corrected chi connectivity index (χ0v) is 18.4. The molecule has 1 aromatic carbocycles. The molecule has 1 amide bonds. The molecule has 29 heavy (non-hydrogen) atoms. The third-order valence-electron chi connectivity index (χ3n) is 5.19. The van der Waals surface area contributed by atoms with E-state index in [1.807, 2.05) is 49.5 Å². The van der Waals surface area contributed by atoms with Crippen molar-refractivity contribution in [3.8, 4) is 0 Å². The molecule has 160 valence electrons. The number of benzene rings is 1. The normalized spacial score (nSPS) is 17.6. The number of amides is 1. The number of hydrogen-bond donors (Lipinski definition) is 1. The fourth-order valence-corrected chi connectivity index (χ4v) is 3.66. The maximum absolute atomic E-state index is 13.6. The molecule has 1 aromatic heterocycles. The van der Waals surface area contributed by atoms with Gasteiger partial charge in [0.15, 0.2) is 0 Å². The minimum absolute atomic E-state index is 0. The third kappa shape index (κ3) is 5.78. The van der Waals surface area contributed by atoms with Crippen molar-refractivity contribution in [1.29, 1.82) is 0 Å². The van der Waals surface area contributed by atoms with Gasteiger partial charge in [0.05, 0.1) is 12.6 Å². The highest BCUT2D eigenvalue weighted by atomic mass is 35.5. The molecule has 0 radical (unpaired) electrons. The van der Waals surface area contributed by atoms with Gasteiger partial charge in [-0.2, -0.15) is 0 Å². The van der Waals surface area contributed by atoms with Gasteiger partial charge in [0.2, 0.25) is 5.91 Å². The highest BCUT2D eigenvalue weighted by Crippen LogP contribution is 2.23. The van der Waals surface area contributed by atoms with Crippen LogP contribution < -0.4 is 5.32 Å². The maximum atomic E-state index is 13.6. The van der Waals surface area contributed by atoms with Crippen molar-refractivity contribution >= 4 is 18.3 Å². The van der Waals surface area contributed by atoms with Gasteiger partial charge < -0.3 is 14.8 Å². The predicted octanol–water partition coefficient (Wildman–Crippen LogP) is 2.75. The number of aryl methyl sites for hydroxylation is 1. The fraction of sp³-hybridized carbons (Fsp3) is 0.524. The van der Waals surface area contributed by atoms with Crippen molar-refractivity contribution in [2.24, 2.45) is 7.05 Å². The first-order valence-corrected chi connectivity index (χ1v) is 9.72. The summed E-state index contributed by atoms with van der Waals surface area (Å²) >= 11 is 0. The first-order chi connectivity index (χ1) is 13.3. The van der Waals surface area contributed by atoms with Crippen molar-refractivity contribution in [1.82, 2.24) is 24.7 Å². The van der Waals surface area contributed by atoms with E-state index < -0.39 is 0 Å². The van der Waals surface area contributed by atoms with E-state index >= 15 is 0 Å². The Kier molecular flexibility index (Phi) is 7.80. The summed E-state index contributed by atoms with van der Waals surface area (Å²) in [4.78, 5) is 21.8. The van der Waals surface area contributed by atoms with E-state index in [2.05, 4.69) is 15.2 Å². The Hall–Kier alpha value is -1.96. The molecule has 0 saturated carbocycles. The van der Waals surface area contributed by atoms with E-state index in [9.17, 15) is 9.18 Å². The lowest BCUT2D eigenvalue weighted by Crippen LogP contribution is -2.53. The lowest BCUT2D eigenvalue weighted by molar-refractivity contribution is -0.139. The lowest BCUT2D eigenvalue weighted by Gasteiger charge is -2.40. The Labute approximate surface area is 178 Å². The van der Waals surface area contributed by atoms with E-state index in [4.69, 9.17) is 0 Å². The Morgan fingerprint density at radius 3 is 2.76 bits per heavy atom. The van der Waals surface area contributed by atoms with E-state index in [1.165, 1.54) is 12.1 Å². The standard InChI is InChI=1S/C21H30FN5O.ClH/c1-21(2,3)27(14-16-6-5-7-17(22)12-16)19(28)15-26-11-8-23-13-18(26)20-24-9-10-25(20)4;/h5-7,9-10,12,18,23H,8,11,13-15H2,1-4H3;1H. The molecule has 1 unspecified atom stereocenters. The summed E-state index contributed by atoms with van der Waals surface area (Å²) in [6.45, 7) is 9.12. The molecular formula is C21H31ClFN5O. The minimum Gasteiger partial charge on any atom is -0.337 e. The molecular weight excluding hydrogens is 393 g/mol. The van der Waals surface area contributed by atoms with Crippen LogP contribution in [-0.4, -0.2) is 57.0 Å². The van der Waals surface area contributed by atoms with Crippen LogP contribution in [0.4, 0.5) is 4.39 Å². The molecule has 1 atom stereocenters. The number of hydrogen-bond acceptors (Lipinski definition) is 4. The molecule has 1 N–H and O–H groups in total. The quantitative estimate of drug-likeness (QED) is 0.803. The lowest BCUT2D eigenvalue weighted by atomic mass is 10.0. The molecule has 0 aliphatic carbocycles. The van der Waals surface area contributed by atoms with E-state index in [0.717, 1.165) is 31.0 Å². The third-order valence-corrected chi connectivity index (χ3v) is 5.19. The summed E-state index contributed by atoms with van der Waals surface area (Å²) in [5.41, 5.74) is 0.431. The van der Waals surface area contributed by atoms with Gasteiger partial charge >= 0.3 is 0 Å². The average Bonchev–Trinajstić information content (AvgIpc) is 3.05. The largest absolute Gasteiger partial charge is 0.337 e. The van der Waals surface area contributed by atoms with Crippen LogP contribution >= 0.6 is 12.4 Å². The number of halogens is 2. The van der Waals surface area contributed by atoms with Gasteiger partial charge in [0.1, 0.15) is 11.6 Å². The molecule has 3 rings (SSSR count). The highest BCUT2D eigenvalue weighted by molar-refractivity contribution is 5.85. The number of nitrogens with one attached hydrogen (secondary N) is 1. The molecule has 1 saturated heterocycles. The Morgan fingerprint density at radius 2 is 2.14 bits per heavy atom. The SMILES string of the molecule is Cl.Cn1ccnc1C1CNCCN1CC(=O)N(Cc1cccc(F)c1)C(C)(C)C. The zero-order chi connectivity index (χ0) is 20.3. The highest BCUT2D eigenvalue weighted by Gasteiger charge is 2.32. The molecule has 2 aromatic rings. The monoisotopic (exact) mass is 423 g/mol. The molecule has 6 nitrogen and oxygen atoms in total. The number of nitrogens with zero attached hydrogens (tertiary/aromatic N) is 4. The van der Waals surface area contributed by atoms with E-state index in [0.29, 0.717) is 13.1 Å². The first-order valence-electron chi connectivity index (χ1n) is 9.72. The first kappa shape index (κ1) is 23.3. The van der Waals surface area contributed by atoms with Crippen LogP contribution in [0.25, 0.3) is 0 Å². The van der Waals surface area contributed by atoms with Crippen LogP contribution in [0.1, 0.15) is 38.2 Å². The zero-order valence-electron chi connectivity index (χ0n) is 17.6. The summed E-state index contributed by atoms with van der Waals surface area (Å²) in [6.07, 6.45) is 3.71. The number of carbonyl (C=O) groups excluding carboxylic acids is 1. The predicted molar refractivity (Wildman–Crippen MR) is 114 cm³/mol. The number of rotatable bonds is 5. The second kappa shape index (κ2) is 9.69. The van der Waals surface area contributed by atoms with Gasteiger partial charge in [-0.3, -0.25) is 9.69 Å². The summed E-state index contributed by atoms with van der Waals surface area (Å²) in [5, 5.41) is 3.40. The van der Waals surface area contributed by atoms with Gasteiger partial charge in [0.25, 0.3) is 0 Å². The minimum atomic E-state index is -0.365. The van der Waals surface area contributed by atoms with Crippen LogP contribution in [-0.2, 0) is 18.4 Å². The molecule has 0 bridgehead atoms. The summed E-state index contributed by atoms with van der Waals surface area (Å²) < 4.78 is 15.6. The van der Waals surface area contributed by atoms with Gasteiger partial charge in [-0.05, 0) is 38.5 Å². The number of piperazine rings is 1. The molecule has 1 aliphatic heterocycles. The second-order valence-corrected chi connectivity index (χ2v) is 8.37. The van der Waals surface area contributed by atoms with Crippen molar-refractivity contribution < 1.29 is 9.18 Å². The van der Waals surface area contributed by atoms with Gasteiger partial charge in [0, 0.05) is 51.2 Å². The van der Waals surface area contributed by atoms with Crippen LogP contribution in [0.2, 0.25) is 0 Å². The topological polar surface area (TPSA) is 53.4 Å². The van der Waals surface area contributed by atoms with Crippen LogP contribution in [0.5, 0.6) is 0 Å². The fourth-order valence-electron chi connectivity index (χ4n) is 3.66. The van der Waals surface area contributed by atoms with Crippen molar-refractivity contribution in [2.45, 2.75) is 38.9 Å². The average molecular weight is 424 g/mol. The van der Waals surface area contributed by atoms with E-state index in [1.54, 1.807) is 12.3 Å². The molecule has 1 fully saturated rings.